The minimum absolute atomic E-state index is 0.139. The molecule has 0 fully saturated rings. The quantitative estimate of drug-likeness (QED) is 0.607. The van der Waals surface area contributed by atoms with E-state index in [0.29, 0.717) is 5.52 Å². The van der Waals surface area contributed by atoms with Crippen LogP contribution in [0.1, 0.15) is 10.4 Å². The Morgan fingerprint density at radius 1 is 1.46 bits per heavy atom. The Balaban J connectivity index is 2.80. The van der Waals surface area contributed by atoms with Crippen LogP contribution in [0, 0.1) is 0 Å². The van der Waals surface area contributed by atoms with Crippen molar-refractivity contribution in [1.82, 2.24) is 9.97 Å². The highest BCUT2D eigenvalue weighted by atomic mass is 16.4. The zero-order chi connectivity index (χ0) is 9.42. The highest BCUT2D eigenvalue weighted by Crippen LogP contribution is 2.25. The molecule has 0 atom stereocenters. The van der Waals surface area contributed by atoms with Crippen molar-refractivity contribution in [3.8, 4) is 5.75 Å². The number of fused-ring (bicyclic) bond motifs is 1. The molecule has 66 valence electrons. The molecule has 3 N–H and O–H groups in total. The standard InChI is InChI=1S/C8H6N2O3/c11-7-4(8(12)13)1-2-5-6(7)10-3-9-5/h1-3,11H,(H,9,10)(H,12,13). The van der Waals surface area contributed by atoms with Gasteiger partial charge in [-0.2, -0.15) is 0 Å². The molecule has 5 heteroatoms. The molecule has 0 saturated carbocycles. The van der Waals surface area contributed by atoms with Crippen molar-refractivity contribution in [3.05, 3.63) is 24.0 Å². The summed E-state index contributed by atoms with van der Waals surface area (Å²) in [6.07, 6.45) is 1.40. The van der Waals surface area contributed by atoms with Gasteiger partial charge in [0.2, 0.25) is 0 Å². The van der Waals surface area contributed by atoms with Gasteiger partial charge in [0.1, 0.15) is 11.1 Å². The second-order valence-electron chi connectivity index (χ2n) is 2.57. The van der Waals surface area contributed by atoms with E-state index >= 15 is 0 Å². The van der Waals surface area contributed by atoms with E-state index in [0.717, 1.165) is 0 Å². The van der Waals surface area contributed by atoms with Gasteiger partial charge in [-0.3, -0.25) is 0 Å². The van der Waals surface area contributed by atoms with Crippen molar-refractivity contribution in [3.63, 3.8) is 0 Å². The highest BCUT2D eigenvalue weighted by Gasteiger charge is 2.13. The largest absolute Gasteiger partial charge is 0.505 e. The molecule has 0 spiro atoms. The van der Waals surface area contributed by atoms with Gasteiger partial charge < -0.3 is 15.2 Å². The minimum atomic E-state index is -1.16. The molecule has 13 heavy (non-hydrogen) atoms. The van der Waals surface area contributed by atoms with Gasteiger partial charge in [0.05, 0.1) is 11.8 Å². The molecule has 1 heterocycles. The van der Waals surface area contributed by atoms with E-state index in [1.807, 2.05) is 0 Å². The van der Waals surface area contributed by atoms with E-state index in [1.165, 1.54) is 12.4 Å². The molecule has 0 aliphatic heterocycles. The number of nitrogens with zero attached hydrogens (tertiary/aromatic N) is 1. The lowest BCUT2D eigenvalue weighted by molar-refractivity contribution is 0.0694. The van der Waals surface area contributed by atoms with Crippen LogP contribution in [-0.4, -0.2) is 26.2 Å². The van der Waals surface area contributed by atoms with Crippen molar-refractivity contribution in [2.75, 3.05) is 0 Å². The van der Waals surface area contributed by atoms with E-state index in [1.54, 1.807) is 6.07 Å². The average Bonchev–Trinajstić information content (AvgIpc) is 2.52. The summed E-state index contributed by atoms with van der Waals surface area (Å²) in [6, 6.07) is 2.89. The number of benzene rings is 1. The van der Waals surface area contributed by atoms with E-state index in [4.69, 9.17) is 5.11 Å². The van der Waals surface area contributed by atoms with Crippen molar-refractivity contribution in [2.24, 2.45) is 0 Å². The van der Waals surface area contributed by atoms with E-state index in [-0.39, 0.29) is 16.8 Å². The highest BCUT2D eigenvalue weighted by molar-refractivity contribution is 5.97. The zero-order valence-electron chi connectivity index (χ0n) is 6.48. The summed E-state index contributed by atoms with van der Waals surface area (Å²) in [5, 5.41) is 18.1. The number of aromatic carboxylic acids is 1. The molecule has 0 unspecified atom stereocenters. The van der Waals surface area contributed by atoms with Crippen LogP contribution in [-0.2, 0) is 0 Å². The Labute approximate surface area is 72.7 Å². The number of aromatic nitrogens is 2. The van der Waals surface area contributed by atoms with Gasteiger partial charge in [-0.25, -0.2) is 9.78 Å². The first-order valence-electron chi connectivity index (χ1n) is 3.58. The second-order valence-corrected chi connectivity index (χ2v) is 2.57. The predicted molar refractivity (Wildman–Crippen MR) is 44.7 cm³/mol. The molecule has 5 nitrogen and oxygen atoms in total. The number of aromatic hydroxyl groups is 1. The third-order valence-corrected chi connectivity index (χ3v) is 1.80. The molecule has 2 rings (SSSR count). The number of rotatable bonds is 1. The third-order valence-electron chi connectivity index (χ3n) is 1.80. The molecule has 1 aromatic carbocycles. The number of aromatic amines is 1. The number of carbonyl (C=O) groups is 1. The second kappa shape index (κ2) is 2.48. The molecule has 0 aliphatic rings. The smallest absolute Gasteiger partial charge is 0.339 e. The number of H-pyrrole nitrogens is 1. The van der Waals surface area contributed by atoms with Gasteiger partial charge in [-0.05, 0) is 12.1 Å². The molecule has 0 aliphatic carbocycles. The van der Waals surface area contributed by atoms with Gasteiger partial charge in [-0.15, -0.1) is 0 Å². The van der Waals surface area contributed by atoms with Crippen LogP contribution < -0.4 is 0 Å². The van der Waals surface area contributed by atoms with Gasteiger partial charge in [0.15, 0.2) is 5.75 Å². The molecular formula is C8H6N2O3. The van der Waals surface area contributed by atoms with E-state index in [9.17, 15) is 9.90 Å². The minimum Gasteiger partial charge on any atom is -0.505 e. The molecule has 0 amide bonds. The third kappa shape index (κ3) is 1.01. The maximum absolute atomic E-state index is 10.6. The number of imidazole rings is 1. The number of carboxylic acids is 1. The molecule has 1 aromatic heterocycles. The van der Waals surface area contributed by atoms with Crippen LogP contribution in [0.2, 0.25) is 0 Å². The topological polar surface area (TPSA) is 86.2 Å². The number of nitrogens with one attached hydrogen (secondary N) is 1. The first-order chi connectivity index (χ1) is 6.20. The maximum Gasteiger partial charge on any atom is 0.339 e. The molecule has 0 saturated heterocycles. The lowest BCUT2D eigenvalue weighted by atomic mass is 10.2. The monoisotopic (exact) mass is 178 g/mol. The number of carboxylic acid groups (broad SMARTS) is 1. The van der Waals surface area contributed by atoms with E-state index < -0.39 is 5.97 Å². The maximum atomic E-state index is 10.6. The number of phenols is 1. The Hall–Kier alpha value is -2.04. The predicted octanol–water partition coefficient (Wildman–Crippen LogP) is 0.967. The first-order valence-corrected chi connectivity index (χ1v) is 3.58. The Morgan fingerprint density at radius 2 is 2.23 bits per heavy atom. The summed E-state index contributed by atoms with van der Waals surface area (Å²) in [7, 11) is 0. The lowest BCUT2D eigenvalue weighted by Crippen LogP contribution is -1.96. The average molecular weight is 178 g/mol. The fourth-order valence-corrected chi connectivity index (χ4v) is 1.17. The fourth-order valence-electron chi connectivity index (χ4n) is 1.17. The van der Waals surface area contributed by atoms with Crippen LogP contribution in [0.15, 0.2) is 18.5 Å². The van der Waals surface area contributed by atoms with Crippen LogP contribution in [0.25, 0.3) is 11.0 Å². The summed E-state index contributed by atoms with van der Waals surface area (Å²) in [4.78, 5) is 17.1. The lowest BCUT2D eigenvalue weighted by Gasteiger charge is -1.98. The number of hydrogen-bond acceptors (Lipinski definition) is 3. The molecule has 0 radical (unpaired) electrons. The Morgan fingerprint density at radius 3 is 2.92 bits per heavy atom. The van der Waals surface area contributed by atoms with Crippen molar-refractivity contribution in [1.29, 1.82) is 0 Å². The van der Waals surface area contributed by atoms with Crippen LogP contribution in [0.3, 0.4) is 0 Å². The summed E-state index contributed by atoms with van der Waals surface area (Å²) in [6.45, 7) is 0. The zero-order valence-corrected chi connectivity index (χ0v) is 6.48. The molecule has 0 bridgehead atoms. The van der Waals surface area contributed by atoms with Crippen LogP contribution >= 0.6 is 0 Å². The van der Waals surface area contributed by atoms with Crippen LogP contribution in [0.4, 0.5) is 0 Å². The van der Waals surface area contributed by atoms with Crippen molar-refractivity contribution < 1.29 is 15.0 Å². The summed E-state index contributed by atoms with van der Waals surface area (Å²) < 4.78 is 0. The van der Waals surface area contributed by atoms with Gasteiger partial charge in [0, 0.05) is 0 Å². The first kappa shape index (κ1) is 7.60. The van der Waals surface area contributed by atoms with Crippen molar-refractivity contribution in [2.45, 2.75) is 0 Å². The molecule has 2 aromatic rings. The fraction of sp³-hybridized carbons (Fsp3) is 0. The SMILES string of the molecule is O=C(O)c1ccc2[nH]cnc2c1O. The van der Waals surface area contributed by atoms with Gasteiger partial charge >= 0.3 is 5.97 Å². The Kier molecular flexibility index (Phi) is 1.45. The Bertz CT molecular complexity index is 475. The summed E-state index contributed by atoms with van der Waals surface area (Å²) in [5.74, 6) is -1.46. The van der Waals surface area contributed by atoms with Crippen LogP contribution in [0.5, 0.6) is 5.75 Å². The van der Waals surface area contributed by atoms with Gasteiger partial charge in [-0.1, -0.05) is 0 Å². The van der Waals surface area contributed by atoms with Crippen molar-refractivity contribution >= 4 is 17.0 Å². The normalized spacial score (nSPS) is 10.5. The summed E-state index contributed by atoms with van der Waals surface area (Å²) in [5.41, 5.74) is 0.752. The summed E-state index contributed by atoms with van der Waals surface area (Å²) >= 11 is 0. The van der Waals surface area contributed by atoms with E-state index in [2.05, 4.69) is 9.97 Å². The number of hydrogen-bond donors (Lipinski definition) is 3. The molecular weight excluding hydrogens is 172 g/mol. The van der Waals surface area contributed by atoms with Gasteiger partial charge in [0.25, 0.3) is 0 Å².